The van der Waals surface area contributed by atoms with Gasteiger partial charge in [0.25, 0.3) is 0 Å². The van der Waals surface area contributed by atoms with Crippen LogP contribution in [-0.4, -0.2) is 11.1 Å². The number of allylic oxidation sites excluding steroid dienone is 1. The lowest BCUT2D eigenvalue weighted by atomic mass is 9.99. The molecule has 0 heterocycles. The van der Waals surface area contributed by atoms with Crippen molar-refractivity contribution in [3.63, 3.8) is 0 Å². The summed E-state index contributed by atoms with van der Waals surface area (Å²) in [7, 11) is 0. The lowest BCUT2D eigenvalue weighted by molar-refractivity contribution is -0.130. The Balaban J connectivity index is 3.25. The SMILES string of the molecule is C/C=C(/C(=O)O)c1ccc(C)cc1C. The summed E-state index contributed by atoms with van der Waals surface area (Å²) in [5, 5.41) is 8.95. The summed E-state index contributed by atoms with van der Waals surface area (Å²) >= 11 is 0. The fourth-order valence-corrected chi connectivity index (χ4v) is 1.51. The van der Waals surface area contributed by atoms with Crippen molar-refractivity contribution in [3.8, 4) is 0 Å². The van der Waals surface area contributed by atoms with Gasteiger partial charge in [0.15, 0.2) is 0 Å². The lowest BCUT2D eigenvalue weighted by Gasteiger charge is -2.06. The van der Waals surface area contributed by atoms with Crippen LogP contribution in [0.4, 0.5) is 0 Å². The zero-order valence-electron chi connectivity index (χ0n) is 8.66. The zero-order chi connectivity index (χ0) is 10.7. The predicted molar refractivity (Wildman–Crippen MR) is 57.2 cm³/mol. The number of benzene rings is 1. The quantitative estimate of drug-likeness (QED) is 0.728. The first kappa shape index (κ1) is 10.5. The van der Waals surface area contributed by atoms with E-state index in [-0.39, 0.29) is 0 Å². The van der Waals surface area contributed by atoms with Gasteiger partial charge >= 0.3 is 5.97 Å². The molecule has 1 N–H and O–H groups in total. The second-order valence-electron chi connectivity index (χ2n) is 3.33. The third kappa shape index (κ3) is 2.02. The molecule has 1 rings (SSSR count). The standard InChI is InChI=1S/C12H14O2/c1-4-10(12(13)14)11-6-5-8(2)7-9(11)3/h4-7H,1-3H3,(H,13,14)/b10-4+. The van der Waals surface area contributed by atoms with Crippen molar-refractivity contribution < 1.29 is 9.90 Å². The van der Waals surface area contributed by atoms with Crippen molar-refractivity contribution in [3.05, 3.63) is 41.0 Å². The molecule has 0 aliphatic heterocycles. The minimum Gasteiger partial charge on any atom is -0.478 e. The smallest absolute Gasteiger partial charge is 0.335 e. The summed E-state index contributed by atoms with van der Waals surface area (Å²) in [5.74, 6) is -0.876. The first-order valence-corrected chi connectivity index (χ1v) is 4.53. The van der Waals surface area contributed by atoms with Gasteiger partial charge in [-0.15, -0.1) is 0 Å². The Morgan fingerprint density at radius 1 is 1.36 bits per heavy atom. The molecule has 1 aromatic carbocycles. The summed E-state index contributed by atoms with van der Waals surface area (Å²) in [6.45, 7) is 5.66. The predicted octanol–water partition coefficient (Wildman–Crippen LogP) is 2.79. The molecule has 0 bridgehead atoms. The molecule has 14 heavy (non-hydrogen) atoms. The molecule has 2 nitrogen and oxygen atoms in total. The first-order valence-electron chi connectivity index (χ1n) is 4.53. The Bertz CT molecular complexity index is 389. The molecule has 0 saturated carbocycles. The van der Waals surface area contributed by atoms with Crippen LogP contribution in [0, 0.1) is 13.8 Å². The number of carboxylic acids is 1. The van der Waals surface area contributed by atoms with Gasteiger partial charge in [-0.1, -0.05) is 29.8 Å². The number of aliphatic carboxylic acids is 1. The van der Waals surface area contributed by atoms with Gasteiger partial charge in [0, 0.05) is 0 Å². The zero-order valence-corrected chi connectivity index (χ0v) is 8.66. The average Bonchev–Trinajstić information content (AvgIpc) is 2.09. The van der Waals surface area contributed by atoms with Gasteiger partial charge in [0.05, 0.1) is 5.57 Å². The van der Waals surface area contributed by atoms with Crippen LogP contribution < -0.4 is 0 Å². The van der Waals surface area contributed by atoms with Gasteiger partial charge in [0.2, 0.25) is 0 Å². The lowest BCUT2D eigenvalue weighted by Crippen LogP contribution is -2.01. The highest BCUT2D eigenvalue weighted by Gasteiger charge is 2.10. The molecular formula is C12H14O2. The van der Waals surface area contributed by atoms with E-state index in [2.05, 4.69) is 0 Å². The average molecular weight is 190 g/mol. The van der Waals surface area contributed by atoms with Gasteiger partial charge in [-0.2, -0.15) is 0 Å². The summed E-state index contributed by atoms with van der Waals surface area (Å²) in [4.78, 5) is 10.9. The van der Waals surface area contributed by atoms with E-state index in [0.29, 0.717) is 5.57 Å². The molecule has 0 unspecified atom stereocenters. The van der Waals surface area contributed by atoms with E-state index < -0.39 is 5.97 Å². The number of carboxylic acid groups (broad SMARTS) is 1. The topological polar surface area (TPSA) is 37.3 Å². The Morgan fingerprint density at radius 3 is 2.43 bits per heavy atom. The van der Waals surface area contributed by atoms with Crippen LogP contribution in [0.15, 0.2) is 24.3 Å². The van der Waals surface area contributed by atoms with Crippen molar-refractivity contribution in [2.75, 3.05) is 0 Å². The van der Waals surface area contributed by atoms with Gasteiger partial charge in [-0.05, 0) is 31.9 Å². The first-order chi connectivity index (χ1) is 6.56. The molecule has 74 valence electrons. The highest BCUT2D eigenvalue weighted by atomic mass is 16.4. The molecule has 0 aromatic heterocycles. The van der Waals surface area contributed by atoms with Crippen molar-refractivity contribution >= 4 is 11.5 Å². The fraction of sp³-hybridized carbons (Fsp3) is 0.250. The van der Waals surface area contributed by atoms with E-state index in [1.807, 2.05) is 32.0 Å². The summed E-state index contributed by atoms with van der Waals surface area (Å²) < 4.78 is 0. The van der Waals surface area contributed by atoms with E-state index in [4.69, 9.17) is 5.11 Å². The molecule has 0 atom stereocenters. The van der Waals surface area contributed by atoms with Crippen LogP contribution in [-0.2, 0) is 4.79 Å². The van der Waals surface area contributed by atoms with Crippen LogP contribution >= 0.6 is 0 Å². The van der Waals surface area contributed by atoms with Crippen molar-refractivity contribution in [2.45, 2.75) is 20.8 Å². The molecule has 0 amide bonds. The Labute approximate surface area is 83.9 Å². The summed E-state index contributed by atoms with van der Waals surface area (Å²) in [6.07, 6.45) is 1.62. The van der Waals surface area contributed by atoms with Crippen molar-refractivity contribution in [2.24, 2.45) is 0 Å². The highest BCUT2D eigenvalue weighted by Crippen LogP contribution is 2.20. The summed E-state index contributed by atoms with van der Waals surface area (Å²) in [6, 6.07) is 5.77. The number of hydrogen-bond donors (Lipinski definition) is 1. The maximum Gasteiger partial charge on any atom is 0.335 e. The largest absolute Gasteiger partial charge is 0.478 e. The van der Waals surface area contributed by atoms with Gasteiger partial charge in [0.1, 0.15) is 0 Å². The van der Waals surface area contributed by atoms with Gasteiger partial charge in [-0.25, -0.2) is 4.79 Å². The number of hydrogen-bond acceptors (Lipinski definition) is 1. The Morgan fingerprint density at radius 2 is 2.00 bits per heavy atom. The molecule has 0 radical (unpaired) electrons. The van der Waals surface area contributed by atoms with Crippen molar-refractivity contribution in [1.82, 2.24) is 0 Å². The third-order valence-electron chi connectivity index (χ3n) is 2.19. The Hall–Kier alpha value is -1.57. The van der Waals surface area contributed by atoms with Crippen LogP contribution in [0.25, 0.3) is 5.57 Å². The molecular weight excluding hydrogens is 176 g/mol. The van der Waals surface area contributed by atoms with E-state index >= 15 is 0 Å². The van der Waals surface area contributed by atoms with Crippen LogP contribution in [0.5, 0.6) is 0 Å². The van der Waals surface area contributed by atoms with Crippen molar-refractivity contribution in [1.29, 1.82) is 0 Å². The van der Waals surface area contributed by atoms with E-state index in [1.165, 1.54) is 0 Å². The van der Waals surface area contributed by atoms with E-state index in [0.717, 1.165) is 16.7 Å². The minimum atomic E-state index is -0.876. The molecule has 2 heteroatoms. The second kappa shape index (κ2) is 4.09. The van der Waals surface area contributed by atoms with Crippen LogP contribution in [0.1, 0.15) is 23.6 Å². The maximum atomic E-state index is 10.9. The normalized spacial score (nSPS) is 11.5. The number of aryl methyl sites for hydroxylation is 2. The molecule has 0 aliphatic carbocycles. The fourth-order valence-electron chi connectivity index (χ4n) is 1.51. The van der Waals surface area contributed by atoms with Crippen LogP contribution in [0.2, 0.25) is 0 Å². The molecule has 0 fully saturated rings. The molecule has 0 spiro atoms. The van der Waals surface area contributed by atoms with E-state index in [9.17, 15) is 4.79 Å². The monoisotopic (exact) mass is 190 g/mol. The molecule has 0 saturated heterocycles. The van der Waals surface area contributed by atoms with Crippen LogP contribution in [0.3, 0.4) is 0 Å². The van der Waals surface area contributed by atoms with Gasteiger partial charge < -0.3 is 5.11 Å². The van der Waals surface area contributed by atoms with E-state index in [1.54, 1.807) is 13.0 Å². The molecule has 1 aromatic rings. The Kier molecular flexibility index (Phi) is 3.07. The number of rotatable bonds is 2. The summed E-state index contributed by atoms with van der Waals surface area (Å²) in [5.41, 5.74) is 3.31. The van der Waals surface area contributed by atoms with Gasteiger partial charge in [-0.3, -0.25) is 0 Å². The number of carbonyl (C=O) groups is 1. The maximum absolute atomic E-state index is 10.9. The second-order valence-corrected chi connectivity index (χ2v) is 3.33. The third-order valence-corrected chi connectivity index (χ3v) is 2.19. The minimum absolute atomic E-state index is 0.363. The molecule has 0 aliphatic rings. The highest BCUT2D eigenvalue weighted by molar-refractivity contribution is 6.15.